The first-order chi connectivity index (χ1) is 8.78. The molecule has 0 spiro atoms. The fraction of sp³-hybridized carbons (Fsp3) is 0.571. The highest BCUT2D eigenvalue weighted by Crippen LogP contribution is 2.15. The van der Waals surface area contributed by atoms with Crippen molar-refractivity contribution in [3.8, 4) is 5.75 Å². The Kier molecular flexibility index (Phi) is 4.96. The minimum absolute atomic E-state index is 0.175. The molecule has 0 saturated carbocycles. The Morgan fingerprint density at radius 1 is 1.28 bits per heavy atom. The van der Waals surface area contributed by atoms with Gasteiger partial charge in [0.1, 0.15) is 17.7 Å². The Balaban J connectivity index is 1.86. The van der Waals surface area contributed by atoms with Crippen LogP contribution in [0.15, 0.2) is 24.3 Å². The highest BCUT2D eigenvalue weighted by atomic mass is 19.1. The van der Waals surface area contributed by atoms with E-state index in [9.17, 15) is 4.39 Å². The molecule has 1 N–H and O–H groups in total. The lowest BCUT2D eigenvalue weighted by Crippen LogP contribution is -2.47. The molecule has 1 aliphatic heterocycles. The van der Waals surface area contributed by atoms with Crippen molar-refractivity contribution < 1.29 is 9.13 Å². The van der Waals surface area contributed by atoms with Gasteiger partial charge in [-0.15, -0.1) is 0 Å². The second kappa shape index (κ2) is 6.71. The summed E-state index contributed by atoms with van der Waals surface area (Å²) in [5.74, 6) is 0.524. The van der Waals surface area contributed by atoms with E-state index in [0.29, 0.717) is 0 Å². The van der Waals surface area contributed by atoms with Crippen molar-refractivity contribution >= 4 is 0 Å². The summed E-state index contributed by atoms with van der Waals surface area (Å²) in [6, 6.07) is 6.26. The van der Waals surface area contributed by atoms with Crippen LogP contribution in [-0.2, 0) is 0 Å². The first-order valence-corrected chi connectivity index (χ1v) is 6.63. The molecule has 1 aromatic rings. The summed E-state index contributed by atoms with van der Waals surface area (Å²) in [6.07, 6.45) is 1.13. The lowest BCUT2D eigenvalue weighted by atomic mass is 10.2. The fourth-order valence-corrected chi connectivity index (χ4v) is 2.14. The van der Waals surface area contributed by atoms with Crippen molar-refractivity contribution in [2.75, 3.05) is 32.7 Å². The molecule has 3 nitrogen and oxygen atoms in total. The summed E-state index contributed by atoms with van der Waals surface area (Å²) in [5.41, 5.74) is 0. The van der Waals surface area contributed by atoms with E-state index in [1.54, 1.807) is 12.1 Å². The average Bonchev–Trinajstić information content (AvgIpc) is 2.41. The van der Waals surface area contributed by atoms with Crippen LogP contribution in [0.1, 0.15) is 13.3 Å². The van der Waals surface area contributed by atoms with Gasteiger partial charge in [-0.2, -0.15) is 0 Å². The average molecular weight is 252 g/mol. The molecular weight excluding hydrogens is 231 g/mol. The van der Waals surface area contributed by atoms with Crippen molar-refractivity contribution in [3.05, 3.63) is 30.1 Å². The lowest BCUT2D eigenvalue weighted by Gasteiger charge is -2.30. The molecule has 2 rings (SSSR count). The molecule has 1 atom stereocenters. The third kappa shape index (κ3) is 3.96. The van der Waals surface area contributed by atoms with Crippen LogP contribution in [0.3, 0.4) is 0 Å². The van der Waals surface area contributed by atoms with Crippen LogP contribution in [0, 0.1) is 5.82 Å². The highest BCUT2D eigenvalue weighted by molar-refractivity contribution is 5.22. The third-order valence-electron chi connectivity index (χ3n) is 3.24. The maximum Gasteiger partial charge on any atom is 0.123 e. The molecule has 1 saturated heterocycles. The SMILES string of the molecule is CCC(CN1CCNCC1)Oc1ccc(F)cc1. The van der Waals surface area contributed by atoms with Crippen LogP contribution in [0.25, 0.3) is 0 Å². The molecule has 4 heteroatoms. The molecule has 0 radical (unpaired) electrons. The number of halogens is 1. The van der Waals surface area contributed by atoms with Gasteiger partial charge >= 0.3 is 0 Å². The van der Waals surface area contributed by atoms with Gasteiger partial charge < -0.3 is 10.1 Å². The van der Waals surface area contributed by atoms with E-state index in [1.807, 2.05) is 0 Å². The maximum atomic E-state index is 12.8. The standard InChI is InChI=1S/C14H21FN2O/c1-2-13(11-17-9-7-16-8-10-17)18-14-5-3-12(15)4-6-14/h3-6,13,16H,2,7-11H2,1H3. The van der Waals surface area contributed by atoms with Gasteiger partial charge in [-0.3, -0.25) is 4.90 Å². The van der Waals surface area contributed by atoms with Gasteiger partial charge in [0.15, 0.2) is 0 Å². The van der Waals surface area contributed by atoms with Crippen LogP contribution in [-0.4, -0.2) is 43.7 Å². The van der Waals surface area contributed by atoms with Crippen LogP contribution in [0.5, 0.6) is 5.75 Å². The van der Waals surface area contributed by atoms with Crippen molar-refractivity contribution in [1.82, 2.24) is 10.2 Å². The van der Waals surface area contributed by atoms with Crippen LogP contribution in [0.4, 0.5) is 4.39 Å². The molecule has 0 amide bonds. The van der Waals surface area contributed by atoms with E-state index in [1.165, 1.54) is 12.1 Å². The Morgan fingerprint density at radius 3 is 2.56 bits per heavy atom. The number of hydrogen-bond donors (Lipinski definition) is 1. The number of piperazine rings is 1. The van der Waals surface area contributed by atoms with Crippen molar-refractivity contribution in [1.29, 1.82) is 0 Å². The first-order valence-electron chi connectivity index (χ1n) is 6.63. The molecule has 0 aromatic heterocycles. The smallest absolute Gasteiger partial charge is 0.123 e. The first kappa shape index (κ1) is 13.3. The molecule has 100 valence electrons. The Hall–Kier alpha value is -1.13. The second-order valence-corrected chi connectivity index (χ2v) is 4.65. The van der Waals surface area contributed by atoms with E-state index in [-0.39, 0.29) is 11.9 Å². The second-order valence-electron chi connectivity index (χ2n) is 4.65. The summed E-state index contributed by atoms with van der Waals surface area (Å²) in [4.78, 5) is 2.41. The van der Waals surface area contributed by atoms with Crippen LogP contribution >= 0.6 is 0 Å². The molecule has 0 bridgehead atoms. The zero-order valence-corrected chi connectivity index (χ0v) is 10.9. The summed E-state index contributed by atoms with van der Waals surface area (Å²) < 4.78 is 18.7. The van der Waals surface area contributed by atoms with Crippen molar-refractivity contribution in [2.24, 2.45) is 0 Å². The van der Waals surface area contributed by atoms with E-state index in [2.05, 4.69) is 17.1 Å². The number of hydrogen-bond acceptors (Lipinski definition) is 3. The number of benzene rings is 1. The van der Waals surface area contributed by atoms with E-state index in [0.717, 1.165) is 44.9 Å². The molecule has 1 heterocycles. The van der Waals surface area contributed by atoms with Crippen molar-refractivity contribution in [2.45, 2.75) is 19.4 Å². The van der Waals surface area contributed by atoms with Gasteiger partial charge in [0, 0.05) is 32.7 Å². The number of rotatable bonds is 5. The zero-order chi connectivity index (χ0) is 12.8. The number of ether oxygens (including phenoxy) is 1. The summed E-state index contributed by atoms with van der Waals surface area (Å²) in [7, 11) is 0. The summed E-state index contributed by atoms with van der Waals surface area (Å²) >= 11 is 0. The molecule has 1 fully saturated rings. The monoisotopic (exact) mass is 252 g/mol. The Bertz CT molecular complexity index is 349. The summed E-state index contributed by atoms with van der Waals surface area (Å²) in [6.45, 7) is 7.30. The molecule has 0 aliphatic carbocycles. The molecule has 18 heavy (non-hydrogen) atoms. The molecule has 1 unspecified atom stereocenters. The highest BCUT2D eigenvalue weighted by Gasteiger charge is 2.16. The zero-order valence-electron chi connectivity index (χ0n) is 10.9. The maximum absolute atomic E-state index is 12.8. The number of nitrogens with one attached hydrogen (secondary N) is 1. The quantitative estimate of drug-likeness (QED) is 0.866. The van der Waals surface area contributed by atoms with Crippen LogP contribution in [0.2, 0.25) is 0 Å². The predicted molar refractivity (Wildman–Crippen MR) is 70.4 cm³/mol. The lowest BCUT2D eigenvalue weighted by molar-refractivity contribution is 0.120. The molecule has 1 aromatic carbocycles. The van der Waals surface area contributed by atoms with Gasteiger partial charge in [0.05, 0.1) is 0 Å². The molecular formula is C14H21FN2O. The van der Waals surface area contributed by atoms with Crippen LogP contribution < -0.4 is 10.1 Å². The Labute approximate surface area is 108 Å². The van der Waals surface area contributed by atoms with Gasteiger partial charge in [-0.25, -0.2) is 4.39 Å². The minimum Gasteiger partial charge on any atom is -0.489 e. The summed E-state index contributed by atoms with van der Waals surface area (Å²) in [5, 5.41) is 3.34. The van der Waals surface area contributed by atoms with Gasteiger partial charge in [0.2, 0.25) is 0 Å². The Morgan fingerprint density at radius 2 is 1.94 bits per heavy atom. The minimum atomic E-state index is -0.225. The predicted octanol–water partition coefficient (Wildman–Crippen LogP) is 1.89. The third-order valence-corrected chi connectivity index (χ3v) is 3.24. The van der Waals surface area contributed by atoms with Gasteiger partial charge in [-0.1, -0.05) is 6.92 Å². The van der Waals surface area contributed by atoms with Crippen molar-refractivity contribution in [3.63, 3.8) is 0 Å². The van der Waals surface area contributed by atoms with E-state index in [4.69, 9.17) is 4.74 Å². The normalized spacial score (nSPS) is 18.6. The topological polar surface area (TPSA) is 24.5 Å². The largest absolute Gasteiger partial charge is 0.489 e. The number of nitrogens with zero attached hydrogens (tertiary/aromatic N) is 1. The van der Waals surface area contributed by atoms with E-state index >= 15 is 0 Å². The van der Waals surface area contributed by atoms with Gasteiger partial charge in [0.25, 0.3) is 0 Å². The van der Waals surface area contributed by atoms with E-state index < -0.39 is 0 Å². The van der Waals surface area contributed by atoms with Gasteiger partial charge in [-0.05, 0) is 30.7 Å². The molecule has 1 aliphatic rings. The fourth-order valence-electron chi connectivity index (χ4n) is 2.14.